The smallest absolute Gasteiger partial charge is 0.0771 e. The average molecular weight is 1340 g/mol. The SMILES string of the molecule is C[Si](C)(C)C1=[C-]C([Si](C)(C)C)C=C1.C[Si](C)(C)C1=[C-]C([Si](C)(C)C)C=C1.[Cl-].[Cl-].[Zr+2]=[C](c1ccccc1)c1ccccc1.[Zr+2]=[C](c1ccccc1)c1ccccc1.c1ccc2c(c1)[cH-]c1ccccc12.c1ccc2c(c1)[cH-]c1ccccc12. The number of fused-ring (bicyclic) bond motifs is 6. The molecule has 2 aliphatic carbocycles. The van der Waals surface area contributed by atoms with Gasteiger partial charge in [0, 0.05) is 32.3 Å². The van der Waals surface area contributed by atoms with E-state index in [1.54, 1.807) is 0 Å². The molecule has 0 saturated carbocycles. The molecule has 416 valence electrons. The van der Waals surface area contributed by atoms with Crippen LogP contribution < -0.4 is 24.8 Å². The van der Waals surface area contributed by atoms with Crippen LogP contribution in [0.5, 0.6) is 0 Å². The van der Waals surface area contributed by atoms with Crippen LogP contribution in [0.15, 0.2) is 265 Å². The topological polar surface area (TPSA) is 0 Å². The molecule has 0 radical (unpaired) electrons. The molecular formula is C74H80Cl2Si4Zr2-2. The number of allylic oxidation sites excluding steroid dienone is 8. The molecule has 2 atom stereocenters. The summed E-state index contributed by atoms with van der Waals surface area (Å²) in [7, 11) is -4.29. The Morgan fingerprint density at radius 2 is 0.524 bits per heavy atom. The van der Waals surface area contributed by atoms with Gasteiger partial charge in [-0.25, -0.2) is 22.5 Å². The van der Waals surface area contributed by atoms with Gasteiger partial charge in [0.15, 0.2) is 0 Å². The Morgan fingerprint density at radius 3 is 0.707 bits per heavy atom. The van der Waals surface area contributed by atoms with Crippen LogP contribution in [0.1, 0.15) is 22.3 Å². The van der Waals surface area contributed by atoms with Crippen LogP contribution >= 0.6 is 0 Å². The molecule has 0 amide bonds. The molecule has 2 unspecified atom stereocenters. The fourth-order valence-electron chi connectivity index (χ4n) is 9.42. The molecule has 12 rings (SSSR count). The zero-order chi connectivity index (χ0) is 57.5. The minimum atomic E-state index is -1.10. The molecule has 8 heteroatoms. The summed E-state index contributed by atoms with van der Waals surface area (Å²) in [4.78, 5) is 0. The molecule has 10 aromatic rings. The maximum absolute atomic E-state index is 3.70. The van der Waals surface area contributed by atoms with Gasteiger partial charge in [-0.2, -0.15) is 12.2 Å². The molecule has 0 heterocycles. The Kier molecular flexibility index (Phi) is 26.2. The van der Waals surface area contributed by atoms with E-state index in [2.05, 4.69) is 346 Å². The third-order valence-electron chi connectivity index (χ3n) is 14.3. The van der Waals surface area contributed by atoms with Crippen LogP contribution in [0.2, 0.25) is 89.6 Å². The van der Waals surface area contributed by atoms with Gasteiger partial charge in [0.2, 0.25) is 0 Å². The first kappa shape index (κ1) is 68.2. The van der Waals surface area contributed by atoms with Crippen LogP contribution in [-0.2, 0) is 48.5 Å². The van der Waals surface area contributed by atoms with Crippen molar-refractivity contribution in [1.29, 1.82) is 0 Å². The van der Waals surface area contributed by atoms with Crippen LogP contribution in [0, 0.1) is 12.2 Å². The molecule has 0 aromatic heterocycles. The Hall–Kier alpha value is -4.59. The second-order valence-corrected chi connectivity index (χ2v) is 48.1. The number of benzene rings is 8. The van der Waals surface area contributed by atoms with Crippen molar-refractivity contribution >= 4 is 81.8 Å². The van der Waals surface area contributed by atoms with E-state index < -0.39 is 32.3 Å². The van der Waals surface area contributed by atoms with Crippen LogP contribution in [0.3, 0.4) is 0 Å². The van der Waals surface area contributed by atoms with E-state index in [0.29, 0.717) is 11.1 Å². The summed E-state index contributed by atoms with van der Waals surface area (Å²) in [5.41, 5.74) is 6.64. The van der Waals surface area contributed by atoms with Crippen molar-refractivity contribution in [2.24, 2.45) is 0 Å². The van der Waals surface area contributed by atoms with E-state index in [4.69, 9.17) is 0 Å². The number of rotatable bonds is 8. The molecule has 0 nitrogen and oxygen atoms in total. The summed E-state index contributed by atoms with van der Waals surface area (Å²) in [6, 6.07) is 80.8. The van der Waals surface area contributed by atoms with Crippen molar-refractivity contribution in [2.45, 2.75) is 89.6 Å². The van der Waals surface area contributed by atoms with Crippen molar-refractivity contribution in [3.8, 4) is 0 Å². The number of hydrogen-bond acceptors (Lipinski definition) is 0. The predicted molar refractivity (Wildman–Crippen MR) is 359 cm³/mol. The Balaban J connectivity index is 0.000000180. The second-order valence-electron chi connectivity index (χ2n) is 24.9. The summed E-state index contributed by atoms with van der Waals surface area (Å²) in [5, 5.41) is 13.8. The Labute approximate surface area is 538 Å². The van der Waals surface area contributed by atoms with Crippen molar-refractivity contribution < 1.29 is 73.3 Å². The van der Waals surface area contributed by atoms with E-state index in [-0.39, 0.29) is 24.8 Å². The molecule has 10 aromatic carbocycles. The first-order valence-corrected chi connectivity index (χ1v) is 44.8. The van der Waals surface area contributed by atoms with Gasteiger partial charge < -0.3 is 24.8 Å². The zero-order valence-corrected chi connectivity index (χ0v) is 60.6. The van der Waals surface area contributed by atoms with Gasteiger partial charge in [-0.3, -0.25) is 12.2 Å². The largest absolute Gasteiger partial charge is 0.126 e. The summed E-state index contributed by atoms with van der Waals surface area (Å²) < 4.78 is 2.83. The molecule has 0 N–H and O–H groups in total. The van der Waals surface area contributed by atoms with Crippen molar-refractivity contribution in [2.75, 3.05) is 0 Å². The predicted octanol–water partition coefficient (Wildman–Crippen LogP) is 14.8. The molecule has 0 bridgehead atoms. The third kappa shape index (κ3) is 19.7. The number of halogens is 2. The van der Waals surface area contributed by atoms with Gasteiger partial charge in [-0.1, -0.05) is 151 Å². The van der Waals surface area contributed by atoms with Crippen molar-refractivity contribution in [3.05, 3.63) is 300 Å². The minimum Gasteiger partial charge on any atom is -0.126 e. The fourth-order valence-corrected chi connectivity index (χ4v) is 16.2. The quantitative estimate of drug-likeness (QED) is 0.105. The molecule has 0 aliphatic heterocycles. The van der Waals surface area contributed by atoms with Crippen molar-refractivity contribution in [3.63, 3.8) is 0 Å². The summed E-state index contributed by atoms with van der Waals surface area (Å²) in [5.74, 6) is 0. The maximum atomic E-state index is 3.70. The molecular weight excluding hydrogens is 1250 g/mol. The molecule has 2 aliphatic rings. The molecule has 0 spiro atoms. The van der Waals surface area contributed by atoms with E-state index >= 15 is 0 Å². The molecule has 0 saturated heterocycles. The first-order chi connectivity index (χ1) is 38.1. The summed E-state index contributed by atoms with van der Waals surface area (Å²) >= 11 is 2.92. The van der Waals surface area contributed by atoms with Gasteiger partial charge >= 0.3 is 198 Å². The van der Waals surface area contributed by atoms with Gasteiger partial charge in [-0.15, -0.1) is 90.6 Å². The van der Waals surface area contributed by atoms with Crippen LogP contribution in [-0.4, -0.2) is 38.7 Å². The summed E-state index contributed by atoms with van der Waals surface area (Å²) in [6.07, 6.45) is 16.8. The first-order valence-electron chi connectivity index (χ1n) is 28.2. The fraction of sp³-hybridized carbons (Fsp3) is 0.189. The second kappa shape index (κ2) is 31.5. The van der Waals surface area contributed by atoms with E-state index in [9.17, 15) is 0 Å². The van der Waals surface area contributed by atoms with Gasteiger partial charge in [0.05, 0.1) is 0 Å². The van der Waals surface area contributed by atoms with Gasteiger partial charge in [-0.05, 0) is 0 Å². The van der Waals surface area contributed by atoms with Gasteiger partial charge in [0.1, 0.15) is 0 Å². The standard InChI is InChI=1S/2C13H9.2C13H10.2C11H21Si2.2ClH.2Zr/c2*1-3-7-12-10(5-1)9-11-6-2-4-8-13(11)12;2*1-3-7-12(8-4-1)11-13-9-5-2-6-10-13;2*1-12(2,3)10-7-8-11(9-10)13(4,5)6;;;;/h2*1-9H;2*1-10H;2*7-8,10H,1-6H3;2*1H;;/q2*-1;;;2*-1;;;2*+2/p-2. The van der Waals surface area contributed by atoms with Crippen LogP contribution in [0.4, 0.5) is 0 Å². The maximum Gasteiger partial charge on any atom is -0.0771 e. The van der Waals surface area contributed by atoms with Crippen molar-refractivity contribution in [1.82, 2.24) is 0 Å². The summed E-state index contributed by atoms with van der Waals surface area (Å²) in [6.45, 7) is 28.9. The third-order valence-corrected chi connectivity index (χ3v) is 25.4. The van der Waals surface area contributed by atoms with E-state index in [1.165, 1.54) is 131 Å². The zero-order valence-electron chi connectivity index (χ0n) is 50.2. The molecule has 82 heavy (non-hydrogen) atoms. The Bertz CT molecular complexity index is 3300. The van der Waals surface area contributed by atoms with E-state index in [0.717, 1.165) is 0 Å². The normalized spacial score (nSPS) is 14.3. The molecule has 0 fully saturated rings. The van der Waals surface area contributed by atoms with Gasteiger partial charge in [0.25, 0.3) is 0 Å². The minimum absolute atomic E-state index is 0. The monoisotopic (exact) mass is 1330 g/mol. The van der Waals surface area contributed by atoms with E-state index in [1.807, 2.05) is 0 Å². The number of hydrogen-bond donors (Lipinski definition) is 0. The average Bonchev–Trinajstić information content (AvgIpc) is 4.32. The Morgan fingerprint density at radius 1 is 0.317 bits per heavy atom. The van der Waals surface area contributed by atoms with Crippen LogP contribution in [0.25, 0.3) is 43.1 Å².